The Balaban J connectivity index is 1.33. The van der Waals surface area contributed by atoms with E-state index in [4.69, 9.17) is 0 Å². The molecule has 7 rings (SSSR count). The molecule has 0 saturated heterocycles. The molecule has 3 aliphatic rings. The maximum absolute atomic E-state index is 14.5. The van der Waals surface area contributed by atoms with Crippen molar-refractivity contribution < 1.29 is 26.6 Å². The summed E-state index contributed by atoms with van der Waals surface area (Å²) in [6.07, 6.45) is 5.42. The highest BCUT2D eigenvalue weighted by molar-refractivity contribution is 7.98. The molecular weight excluding hydrogens is 629 g/mol. The SMILES string of the molecule is C=S(=O)(c1ccn(C)n1)N(C1CCC1)[C@H]1CCC2=Cc3c(cnn3-c3ccc(F)cc3)C[C@]2(C(=O)c2ncc(C(F)(F)F)s2)C1. The molecule has 4 aromatic rings. The maximum atomic E-state index is 14.5. The van der Waals surface area contributed by atoms with E-state index in [1.807, 2.05) is 10.4 Å². The Morgan fingerprint density at radius 2 is 1.89 bits per heavy atom. The van der Waals surface area contributed by atoms with Crippen LogP contribution in [-0.4, -0.2) is 56.8 Å². The number of nitrogens with zero attached hydrogens (tertiary/aromatic N) is 6. The number of rotatable bonds is 7. The Labute approximate surface area is 261 Å². The molecule has 1 unspecified atom stereocenters. The van der Waals surface area contributed by atoms with Crippen LogP contribution in [0.4, 0.5) is 17.6 Å². The quantitative estimate of drug-likeness (QED) is 0.136. The van der Waals surface area contributed by atoms with Crippen LogP contribution in [0.1, 0.15) is 64.5 Å². The van der Waals surface area contributed by atoms with Crippen molar-refractivity contribution in [1.82, 2.24) is 28.9 Å². The van der Waals surface area contributed by atoms with Gasteiger partial charge in [-0.1, -0.05) is 12.0 Å². The van der Waals surface area contributed by atoms with E-state index >= 15 is 0 Å². The van der Waals surface area contributed by atoms with Crippen LogP contribution in [-0.2, 0) is 29.4 Å². The molecule has 3 atom stereocenters. The van der Waals surface area contributed by atoms with Crippen molar-refractivity contribution in [3.05, 3.63) is 81.5 Å². The van der Waals surface area contributed by atoms with Gasteiger partial charge in [-0.25, -0.2) is 22.6 Å². The largest absolute Gasteiger partial charge is 0.427 e. The normalized spacial score (nSPS) is 23.2. The van der Waals surface area contributed by atoms with Gasteiger partial charge in [0.05, 0.1) is 38.9 Å². The zero-order valence-electron chi connectivity index (χ0n) is 24.3. The van der Waals surface area contributed by atoms with E-state index in [1.165, 1.54) is 12.1 Å². The van der Waals surface area contributed by atoms with E-state index in [2.05, 4.69) is 21.1 Å². The van der Waals surface area contributed by atoms with Gasteiger partial charge < -0.3 is 0 Å². The van der Waals surface area contributed by atoms with Crippen LogP contribution in [0.15, 0.2) is 59.5 Å². The van der Waals surface area contributed by atoms with Gasteiger partial charge in [-0.3, -0.25) is 9.48 Å². The van der Waals surface area contributed by atoms with Crippen molar-refractivity contribution in [1.29, 1.82) is 0 Å². The zero-order chi connectivity index (χ0) is 31.7. The highest BCUT2D eigenvalue weighted by Gasteiger charge is 2.53. The minimum Gasteiger partial charge on any atom is -0.290 e. The molecule has 0 N–H and O–H groups in total. The molecule has 3 heterocycles. The van der Waals surface area contributed by atoms with Crippen LogP contribution >= 0.6 is 11.3 Å². The summed E-state index contributed by atoms with van der Waals surface area (Å²) < 4.78 is 74.1. The van der Waals surface area contributed by atoms with Crippen LogP contribution in [0.25, 0.3) is 11.8 Å². The van der Waals surface area contributed by atoms with Crippen molar-refractivity contribution in [3.63, 3.8) is 0 Å². The number of hydrogen-bond donors (Lipinski definition) is 0. The van der Waals surface area contributed by atoms with Crippen LogP contribution in [0, 0.1) is 11.2 Å². The minimum atomic E-state index is -4.62. The number of hydrogen-bond acceptors (Lipinski definition) is 6. The number of carbonyl (C=O) groups excluding carboxylic acids is 1. The second-order valence-corrected chi connectivity index (χ2v) is 15.2. The van der Waals surface area contributed by atoms with Crippen LogP contribution < -0.4 is 0 Å². The molecule has 0 bridgehead atoms. The molecule has 236 valence electrons. The van der Waals surface area contributed by atoms with Gasteiger partial charge in [-0.2, -0.15) is 23.4 Å². The monoisotopic (exact) mass is 658 g/mol. The number of thiazole rings is 1. The zero-order valence-corrected chi connectivity index (χ0v) is 26.0. The lowest BCUT2D eigenvalue weighted by molar-refractivity contribution is -0.134. The van der Waals surface area contributed by atoms with E-state index < -0.39 is 32.0 Å². The van der Waals surface area contributed by atoms with E-state index in [9.17, 15) is 26.6 Å². The molecular formula is C31H30F4N6O2S2. The second-order valence-electron chi connectivity index (χ2n) is 12.0. The van der Waals surface area contributed by atoms with E-state index in [0.717, 1.165) is 36.1 Å². The van der Waals surface area contributed by atoms with E-state index in [1.54, 1.807) is 47.0 Å². The van der Waals surface area contributed by atoms with Crippen molar-refractivity contribution in [2.24, 2.45) is 12.5 Å². The van der Waals surface area contributed by atoms with E-state index in [0.29, 0.717) is 41.1 Å². The van der Waals surface area contributed by atoms with E-state index in [-0.39, 0.29) is 35.8 Å². The first-order chi connectivity index (χ1) is 21.4. The van der Waals surface area contributed by atoms with Gasteiger partial charge in [-0.15, -0.1) is 11.3 Å². The average Bonchev–Trinajstić information content (AvgIpc) is 3.73. The molecule has 1 aromatic carbocycles. The van der Waals surface area contributed by atoms with Crippen molar-refractivity contribution in [3.8, 4) is 5.69 Å². The van der Waals surface area contributed by atoms with Gasteiger partial charge in [0.15, 0.2) is 10.0 Å². The Kier molecular flexibility index (Phi) is 7.17. The van der Waals surface area contributed by atoms with Gasteiger partial charge in [-0.05, 0) is 86.4 Å². The summed E-state index contributed by atoms with van der Waals surface area (Å²) >= 11 is 0.349. The number of carbonyl (C=O) groups is 1. The lowest BCUT2D eigenvalue weighted by Crippen LogP contribution is -2.55. The number of allylic oxidation sites excluding steroid dienone is 1. The van der Waals surface area contributed by atoms with Crippen LogP contribution in [0.5, 0.6) is 0 Å². The first kappa shape index (κ1) is 30.1. The summed E-state index contributed by atoms with van der Waals surface area (Å²) in [6.45, 7) is 0. The van der Waals surface area contributed by atoms with Gasteiger partial charge in [0.2, 0.25) is 5.78 Å². The first-order valence-corrected chi connectivity index (χ1v) is 17.1. The fraction of sp³-hybridized carbons (Fsp3) is 0.387. The molecule has 3 aromatic heterocycles. The molecule has 2 saturated carbocycles. The summed E-state index contributed by atoms with van der Waals surface area (Å²) in [6, 6.07) is 7.23. The number of aryl methyl sites for hydroxylation is 1. The number of alkyl halides is 3. The highest BCUT2D eigenvalue weighted by Crippen LogP contribution is 2.53. The predicted octanol–water partition coefficient (Wildman–Crippen LogP) is 6.13. The number of benzene rings is 1. The molecule has 14 heteroatoms. The maximum Gasteiger partial charge on any atom is 0.427 e. The first-order valence-electron chi connectivity index (χ1n) is 14.6. The molecule has 2 fully saturated rings. The standard InChI is InChI=1S/C31H30F4N6O2S2/c1-39-13-12-27(38-39)45(2,43)41(23-4-3-5-23)24-9-6-20-14-25-19(17-37-40(25)22-10-7-21(32)8-11-22)15-30(20,16-24)28(42)29-36-18-26(44-29)31(33,34)35/h7-8,10-14,17-18,23-24H,2-6,9,15-16H2,1H3/t24-,30-,45?/m0/s1. The third kappa shape index (κ3) is 5.06. The minimum absolute atomic E-state index is 0.0169. The average molecular weight is 659 g/mol. The Morgan fingerprint density at radius 3 is 2.51 bits per heavy atom. The molecule has 0 amide bonds. The molecule has 8 nitrogen and oxygen atoms in total. The van der Waals surface area contributed by atoms with Crippen molar-refractivity contribution >= 4 is 38.8 Å². The van der Waals surface area contributed by atoms with Gasteiger partial charge in [0.1, 0.15) is 10.7 Å². The molecule has 3 aliphatic carbocycles. The van der Waals surface area contributed by atoms with Gasteiger partial charge in [0, 0.05) is 25.3 Å². The number of Topliss-reactive ketones (excluding diaryl/α,β-unsaturated/α-hetero) is 1. The number of halogens is 4. The van der Waals surface area contributed by atoms with Crippen LogP contribution in [0.3, 0.4) is 0 Å². The fourth-order valence-corrected chi connectivity index (χ4v) is 9.82. The summed E-state index contributed by atoms with van der Waals surface area (Å²) in [5, 5.41) is 9.11. The predicted molar refractivity (Wildman–Crippen MR) is 163 cm³/mol. The number of aromatic nitrogens is 5. The third-order valence-corrected chi connectivity index (χ3v) is 12.5. The summed E-state index contributed by atoms with van der Waals surface area (Å²) in [7, 11) is -1.30. The van der Waals surface area contributed by atoms with Crippen molar-refractivity contribution in [2.75, 3.05) is 0 Å². The molecule has 45 heavy (non-hydrogen) atoms. The van der Waals surface area contributed by atoms with Gasteiger partial charge >= 0.3 is 6.18 Å². The smallest absolute Gasteiger partial charge is 0.290 e. The Morgan fingerprint density at radius 1 is 1.13 bits per heavy atom. The summed E-state index contributed by atoms with van der Waals surface area (Å²) in [5.74, 6) is 3.31. The van der Waals surface area contributed by atoms with Crippen molar-refractivity contribution in [2.45, 2.75) is 68.2 Å². The second kappa shape index (κ2) is 10.7. The lowest BCUT2D eigenvalue weighted by Gasteiger charge is -2.50. The van der Waals surface area contributed by atoms with Crippen LogP contribution in [0.2, 0.25) is 0 Å². The summed E-state index contributed by atoms with van der Waals surface area (Å²) in [5.41, 5.74) is 1.65. The number of ketones is 1. The molecule has 0 aliphatic heterocycles. The molecule has 0 radical (unpaired) electrons. The lowest BCUT2D eigenvalue weighted by atomic mass is 9.60. The summed E-state index contributed by atoms with van der Waals surface area (Å²) in [4.78, 5) is 17.5. The van der Waals surface area contributed by atoms with Gasteiger partial charge in [0.25, 0.3) is 0 Å². The fourth-order valence-electron chi connectivity index (χ4n) is 6.90. The number of fused-ring (bicyclic) bond motifs is 2. The Hall–Kier alpha value is -3.62. The topological polar surface area (TPSA) is 85.9 Å². The highest BCUT2D eigenvalue weighted by atomic mass is 32.2. The Bertz CT molecular complexity index is 1920. The molecule has 0 spiro atoms. The third-order valence-electron chi connectivity index (χ3n) is 9.27.